The highest BCUT2D eigenvalue weighted by Crippen LogP contribution is 2.68. The second-order valence-corrected chi connectivity index (χ2v) is 10.7. The Morgan fingerprint density at radius 2 is 1.57 bits per heavy atom. The molecule has 1 N–H and O–H groups in total. The number of hydrogen-bond acceptors (Lipinski definition) is 4. The molecule has 4 aromatic carbocycles. The van der Waals surface area contributed by atoms with Gasteiger partial charge in [-0.2, -0.15) is 0 Å². The highest BCUT2D eigenvalue weighted by Gasteiger charge is 2.80. The minimum Gasteiger partial charge on any atom is -0.325 e. The maximum absolute atomic E-state index is 14.9. The summed E-state index contributed by atoms with van der Waals surface area (Å²) < 4.78 is 0. The van der Waals surface area contributed by atoms with E-state index in [9.17, 15) is 14.4 Å². The van der Waals surface area contributed by atoms with Crippen molar-refractivity contribution in [1.29, 1.82) is 0 Å². The number of Topliss-reactive ketones (excluding diaryl/α,β-unsaturated/α-hetero) is 2. The number of ketones is 2. The van der Waals surface area contributed by atoms with E-state index in [0.717, 1.165) is 34.7 Å². The zero-order chi connectivity index (χ0) is 24.9. The van der Waals surface area contributed by atoms with Crippen LogP contribution in [-0.2, 0) is 15.7 Å². The third-order valence-electron chi connectivity index (χ3n) is 9.32. The summed E-state index contributed by atoms with van der Waals surface area (Å²) >= 11 is 0. The van der Waals surface area contributed by atoms with Crippen LogP contribution in [0.2, 0.25) is 0 Å². The van der Waals surface area contributed by atoms with Gasteiger partial charge in [-0.1, -0.05) is 84.9 Å². The average Bonchev–Trinajstić information content (AvgIpc) is 3.65. The summed E-state index contributed by atoms with van der Waals surface area (Å²) in [5.41, 5.74) is 0.844. The van der Waals surface area contributed by atoms with Crippen molar-refractivity contribution in [3.8, 4) is 0 Å². The van der Waals surface area contributed by atoms with Crippen LogP contribution in [0.15, 0.2) is 91.0 Å². The molecule has 0 bridgehead atoms. The predicted molar refractivity (Wildman–Crippen MR) is 141 cm³/mol. The van der Waals surface area contributed by atoms with Gasteiger partial charge in [-0.15, -0.1) is 0 Å². The standard InChI is InChI=1S/C32H24N2O3/c35-28(20-9-2-1-3-10-20)27-25-17-8-18-34(25)32(31(27)22-14-4-5-16-24(22)33-30(31)37)23-15-7-12-19-11-6-13-21(26(19)23)29(32)36/h1-7,9-16,25,27H,8,17-18H2,(H,33,37)/t25-,27+,31-,32-/m1/s1. The topological polar surface area (TPSA) is 66.5 Å². The number of fused-ring (bicyclic) bond motifs is 6. The molecule has 37 heavy (non-hydrogen) atoms. The highest BCUT2D eigenvalue weighted by molar-refractivity contribution is 6.27. The molecule has 3 aliphatic heterocycles. The second-order valence-electron chi connectivity index (χ2n) is 10.7. The first kappa shape index (κ1) is 21.0. The Morgan fingerprint density at radius 3 is 2.41 bits per heavy atom. The van der Waals surface area contributed by atoms with Crippen LogP contribution < -0.4 is 5.32 Å². The van der Waals surface area contributed by atoms with E-state index < -0.39 is 16.9 Å². The van der Waals surface area contributed by atoms with E-state index in [1.165, 1.54) is 0 Å². The van der Waals surface area contributed by atoms with Gasteiger partial charge in [-0.05, 0) is 47.4 Å². The van der Waals surface area contributed by atoms with Gasteiger partial charge in [0.25, 0.3) is 0 Å². The van der Waals surface area contributed by atoms with E-state index in [0.29, 0.717) is 23.4 Å². The van der Waals surface area contributed by atoms with Gasteiger partial charge in [0.1, 0.15) is 11.0 Å². The molecule has 5 heteroatoms. The maximum Gasteiger partial charge on any atom is 0.238 e. The minimum atomic E-state index is -1.38. The van der Waals surface area contributed by atoms with Crippen LogP contribution >= 0.6 is 0 Å². The number of nitrogens with one attached hydrogen (secondary N) is 1. The van der Waals surface area contributed by atoms with Gasteiger partial charge in [-0.25, -0.2) is 0 Å². The monoisotopic (exact) mass is 484 g/mol. The Labute approximate surface area is 214 Å². The molecule has 4 atom stereocenters. The van der Waals surface area contributed by atoms with Crippen molar-refractivity contribution in [2.24, 2.45) is 5.92 Å². The van der Waals surface area contributed by atoms with Crippen molar-refractivity contribution >= 4 is 33.9 Å². The van der Waals surface area contributed by atoms with E-state index in [4.69, 9.17) is 0 Å². The van der Waals surface area contributed by atoms with E-state index in [2.05, 4.69) is 10.2 Å². The molecule has 2 fully saturated rings. The Morgan fingerprint density at radius 1 is 0.838 bits per heavy atom. The Balaban J connectivity index is 1.53. The van der Waals surface area contributed by atoms with Crippen molar-refractivity contribution in [3.63, 3.8) is 0 Å². The lowest BCUT2D eigenvalue weighted by atomic mass is 9.56. The van der Waals surface area contributed by atoms with Crippen LogP contribution in [0, 0.1) is 5.92 Å². The number of rotatable bonds is 2. The number of carbonyl (C=O) groups excluding carboxylic acids is 3. The lowest BCUT2D eigenvalue weighted by molar-refractivity contribution is -0.124. The van der Waals surface area contributed by atoms with Crippen molar-refractivity contribution in [2.45, 2.75) is 29.8 Å². The van der Waals surface area contributed by atoms with Gasteiger partial charge in [0.15, 0.2) is 11.6 Å². The number of para-hydroxylation sites is 1. The molecule has 0 unspecified atom stereocenters. The fourth-order valence-corrected chi connectivity index (χ4v) is 8.22. The molecule has 1 amide bonds. The SMILES string of the molecule is O=C(c1ccccc1)[C@@H]1[C@H]2CCCN2[C@]2(C(=O)c3cccc4cccc2c34)[C@@]12C(=O)Nc1ccccc12. The summed E-state index contributed by atoms with van der Waals surface area (Å²) in [7, 11) is 0. The summed E-state index contributed by atoms with van der Waals surface area (Å²) in [5.74, 6) is -1.09. The second kappa shape index (κ2) is 7.02. The molecule has 2 saturated heterocycles. The highest BCUT2D eigenvalue weighted by atomic mass is 16.2. The minimum absolute atomic E-state index is 0.0681. The Hall–Kier alpha value is -4.09. The van der Waals surface area contributed by atoms with E-state index in [1.54, 1.807) is 0 Å². The molecule has 1 aliphatic carbocycles. The van der Waals surface area contributed by atoms with E-state index >= 15 is 0 Å². The van der Waals surface area contributed by atoms with E-state index in [-0.39, 0.29) is 23.5 Å². The van der Waals surface area contributed by atoms with Crippen LogP contribution in [0.5, 0.6) is 0 Å². The third-order valence-corrected chi connectivity index (χ3v) is 9.32. The first-order chi connectivity index (χ1) is 18.1. The molecule has 8 rings (SSSR count). The predicted octanol–water partition coefficient (Wildman–Crippen LogP) is 5.10. The summed E-state index contributed by atoms with van der Waals surface area (Å²) in [6, 6.07) is 28.5. The number of carbonyl (C=O) groups is 3. The molecule has 0 radical (unpaired) electrons. The molecule has 4 aromatic rings. The molecule has 3 heterocycles. The van der Waals surface area contributed by atoms with Crippen molar-refractivity contribution < 1.29 is 14.4 Å². The average molecular weight is 485 g/mol. The maximum atomic E-state index is 14.9. The van der Waals surface area contributed by atoms with Gasteiger partial charge < -0.3 is 5.32 Å². The largest absolute Gasteiger partial charge is 0.325 e. The molecule has 2 spiro atoms. The van der Waals surface area contributed by atoms with Gasteiger partial charge in [-0.3, -0.25) is 19.3 Å². The van der Waals surface area contributed by atoms with Gasteiger partial charge >= 0.3 is 0 Å². The van der Waals surface area contributed by atoms with Crippen molar-refractivity contribution in [1.82, 2.24) is 4.90 Å². The van der Waals surface area contributed by atoms with Gasteiger partial charge in [0.05, 0.1) is 5.92 Å². The third kappa shape index (κ3) is 2.20. The molecule has 4 aliphatic rings. The summed E-state index contributed by atoms with van der Waals surface area (Å²) in [6.07, 6.45) is 1.64. The molecule has 0 aromatic heterocycles. The van der Waals surface area contributed by atoms with Crippen LogP contribution in [0.4, 0.5) is 5.69 Å². The first-order valence-electron chi connectivity index (χ1n) is 13.0. The van der Waals surface area contributed by atoms with Gasteiger partial charge in [0, 0.05) is 22.9 Å². The summed E-state index contributed by atoms with van der Waals surface area (Å²) in [6.45, 7) is 0.663. The summed E-state index contributed by atoms with van der Waals surface area (Å²) in [4.78, 5) is 46.3. The zero-order valence-electron chi connectivity index (χ0n) is 20.1. The van der Waals surface area contributed by atoms with Crippen molar-refractivity contribution in [3.05, 3.63) is 113 Å². The fraction of sp³-hybridized carbons (Fsp3) is 0.219. The molecule has 0 saturated carbocycles. The van der Waals surface area contributed by atoms with Gasteiger partial charge in [0.2, 0.25) is 5.91 Å². The number of amides is 1. The first-order valence-corrected chi connectivity index (χ1v) is 13.0. The number of hydrogen-bond donors (Lipinski definition) is 1. The molecule has 180 valence electrons. The Kier molecular flexibility index (Phi) is 3.99. The fourth-order valence-electron chi connectivity index (χ4n) is 8.22. The lowest BCUT2D eigenvalue weighted by Gasteiger charge is -2.44. The summed E-state index contributed by atoms with van der Waals surface area (Å²) in [5, 5.41) is 5.01. The number of anilines is 1. The number of benzene rings is 4. The van der Waals surface area contributed by atoms with Crippen LogP contribution in [0.1, 0.15) is 44.7 Å². The van der Waals surface area contributed by atoms with Crippen LogP contribution in [0.3, 0.4) is 0 Å². The van der Waals surface area contributed by atoms with Crippen LogP contribution in [-0.4, -0.2) is 35.0 Å². The normalized spacial score (nSPS) is 29.3. The quantitative estimate of drug-likeness (QED) is 0.402. The van der Waals surface area contributed by atoms with E-state index in [1.807, 2.05) is 91.0 Å². The van der Waals surface area contributed by atoms with Crippen LogP contribution in [0.25, 0.3) is 10.8 Å². The Bertz CT molecular complexity index is 1670. The number of nitrogens with zero attached hydrogens (tertiary/aromatic N) is 1. The van der Waals surface area contributed by atoms with Crippen molar-refractivity contribution in [2.75, 3.05) is 11.9 Å². The molecule has 5 nitrogen and oxygen atoms in total. The molecular formula is C32H24N2O3. The lowest BCUT2D eigenvalue weighted by Crippen LogP contribution is -2.61. The molecular weight excluding hydrogens is 460 g/mol. The zero-order valence-corrected chi connectivity index (χ0v) is 20.1. The smallest absolute Gasteiger partial charge is 0.238 e.